The maximum atomic E-state index is 11.4. The predicted octanol–water partition coefficient (Wildman–Crippen LogP) is 2.77. The maximum absolute atomic E-state index is 11.4. The van der Waals surface area contributed by atoms with Gasteiger partial charge in [0, 0.05) is 16.3 Å². The van der Waals surface area contributed by atoms with Crippen molar-refractivity contribution in [2.45, 2.75) is 19.3 Å². The first-order valence-corrected chi connectivity index (χ1v) is 6.69. The van der Waals surface area contributed by atoms with Crippen LogP contribution in [-0.2, 0) is 12.8 Å². The third-order valence-electron chi connectivity index (χ3n) is 3.30. The lowest BCUT2D eigenvalue weighted by molar-refractivity contribution is 0.0994. The van der Waals surface area contributed by atoms with Crippen molar-refractivity contribution in [2.24, 2.45) is 5.73 Å². The Hall–Kier alpha value is -1.52. The van der Waals surface area contributed by atoms with Gasteiger partial charge in [-0.2, -0.15) is 5.10 Å². The fraction of sp³-hybridized carbons (Fsp3) is 0.231. The summed E-state index contributed by atoms with van der Waals surface area (Å²) >= 11 is 12.1. The lowest BCUT2D eigenvalue weighted by atomic mass is 10.2. The van der Waals surface area contributed by atoms with Crippen molar-refractivity contribution in [2.75, 3.05) is 0 Å². The van der Waals surface area contributed by atoms with Gasteiger partial charge in [0.1, 0.15) is 0 Å². The molecule has 1 heterocycles. The molecule has 1 aromatic heterocycles. The number of nitrogens with two attached hydrogens (primary N) is 1. The van der Waals surface area contributed by atoms with Gasteiger partial charge in [-0.1, -0.05) is 23.2 Å². The average molecular weight is 296 g/mol. The molecule has 1 amide bonds. The van der Waals surface area contributed by atoms with Crippen LogP contribution in [0.4, 0.5) is 0 Å². The highest BCUT2D eigenvalue weighted by Crippen LogP contribution is 2.31. The number of benzene rings is 1. The Balaban J connectivity index is 2.21. The predicted molar refractivity (Wildman–Crippen MR) is 74.1 cm³/mol. The van der Waals surface area contributed by atoms with Crippen molar-refractivity contribution in [3.8, 4) is 5.69 Å². The van der Waals surface area contributed by atoms with Gasteiger partial charge in [-0.25, -0.2) is 4.68 Å². The lowest BCUT2D eigenvalue weighted by Gasteiger charge is -2.07. The second-order valence-corrected chi connectivity index (χ2v) is 5.34. The van der Waals surface area contributed by atoms with Crippen LogP contribution in [0, 0.1) is 0 Å². The number of aromatic nitrogens is 2. The van der Waals surface area contributed by atoms with Crippen LogP contribution in [-0.4, -0.2) is 15.7 Å². The number of halogens is 2. The van der Waals surface area contributed by atoms with Crippen LogP contribution in [0.3, 0.4) is 0 Å². The first kappa shape index (κ1) is 12.5. The molecule has 1 aliphatic carbocycles. The Kier molecular flexibility index (Phi) is 2.99. The Morgan fingerprint density at radius 3 is 2.79 bits per heavy atom. The first-order chi connectivity index (χ1) is 9.08. The number of carbonyl (C=O) groups excluding carboxylic acids is 1. The Morgan fingerprint density at radius 2 is 2.11 bits per heavy atom. The molecule has 0 aliphatic heterocycles. The molecule has 6 heteroatoms. The summed E-state index contributed by atoms with van der Waals surface area (Å²) in [5.41, 5.74) is 8.39. The zero-order chi connectivity index (χ0) is 13.6. The first-order valence-electron chi connectivity index (χ1n) is 5.94. The van der Waals surface area contributed by atoms with Gasteiger partial charge < -0.3 is 5.73 Å². The van der Waals surface area contributed by atoms with Crippen molar-refractivity contribution in [3.05, 3.63) is 45.2 Å². The van der Waals surface area contributed by atoms with Crippen molar-refractivity contribution in [3.63, 3.8) is 0 Å². The molecule has 0 atom stereocenters. The Bertz CT molecular complexity index is 679. The molecule has 0 saturated heterocycles. The van der Waals surface area contributed by atoms with Crippen molar-refractivity contribution < 1.29 is 4.79 Å². The van der Waals surface area contributed by atoms with Gasteiger partial charge in [-0.15, -0.1) is 0 Å². The van der Waals surface area contributed by atoms with Gasteiger partial charge in [0.2, 0.25) is 0 Å². The van der Waals surface area contributed by atoms with E-state index in [2.05, 4.69) is 5.10 Å². The minimum absolute atomic E-state index is 0.346. The normalized spacial score (nSPS) is 13.6. The topological polar surface area (TPSA) is 60.9 Å². The minimum atomic E-state index is -0.498. The van der Waals surface area contributed by atoms with Gasteiger partial charge in [-0.3, -0.25) is 4.79 Å². The highest BCUT2D eigenvalue weighted by atomic mass is 35.5. The van der Waals surface area contributed by atoms with E-state index in [4.69, 9.17) is 28.9 Å². The summed E-state index contributed by atoms with van der Waals surface area (Å²) in [6.07, 6.45) is 2.70. The molecule has 1 aromatic carbocycles. The average Bonchev–Trinajstić information content (AvgIpc) is 2.90. The third-order valence-corrected chi connectivity index (χ3v) is 3.84. The molecule has 3 rings (SSSR count). The number of carbonyl (C=O) groups is 1. The van der Waals surface area contributed by atoms with Gasteiger partial charge >= 0.3 is 0 Å². The van der Waals surface area contributed by atoms with Gasteiger partial charge in [0.25, 0.3) is 5.91 Å². The number of fused-ring (bicyclic) bond motifs is 1. The summed E-state index contributed by atoms with van der Waals surface area (Å²) in [6, 6.07) is 5.20. The summed E-state index contributed by atoms with van der Waals surface area (Å²) in [4.78, 5) is 11.4. The SMILES string of the molecule is NC(=O)c1nn(-c2ccc(Cl)cc2Cl)c2c1CCC2. The fourth-order valence-corrected chi connectivity index (χ4v) is 2.98. The smallest absolute Gasteiger partial charge is 0.269 e. The van der Waals surface area contributed by atoms with E-state index < -0.39 is 5.91 Å². The second kappa shape index (κ2) is 4.54. The number of hydrogen-bond donors (Lipinski definition) is 1. The molecule has 4 nitrogen and oxygen atoms in total. The van der Waals surface area contributed by atoms with E-state index in [-0.39, 0.29) is 0 Å². The Morgan fingerprint density at radius 1 is 1.32 bits per heavy atom. The highest BCUT2D eigenvalue weighted by Gasteiger charge is 2.26. The van der Waals surface area contributed by atoms with E-state index in [0.29, 0.717) is 15.7 Å². The molecule has 0 saturated carbocycles. The summed E-state index contributed by atoms with van der Waals surface area (Å²) < 4.78 is 1.71. The molecule has 98 valence electrons. The van der Waals surface area contributed by atoms with Gasteiger partial charge in [0.15, 0.2) is 5.69 Å². The van der Waals surface area contributed by atoms with Crippen LogP contribution >= 0.6 is 23.2 Å². The van der Waals surface area contributed by atoms with E-state index in [9.17, 15) is 4.79 Å². The van der Waals surface area contributed by atoms with Gasteiger partial charge in [-0.05, 0) is 37.5 Å². The molecule has 0 fully saturated rings. The lowest BCUT2D eigenvalue weighted by Crippen LogP contribution is -2.14. The van der Waals surface area contributed by atoms with Crippen LogP contribution < -0.4 is 5.73 Å². The summed E-state index contributed by atoms with van der Waals surface area (Å²) in [5, 5.41) is 5.37. The quantitative estimate of drug-likeness (QED) is 0.926. The molecule has 0 unspecified atom stereocenters. The van der Waals surface area contributed by atoms with Crippen LogP contribution in [0.25, 0.3) is 5.69 Å². The van der Waals surface area contributed by atoms with Crippen molar-refractivity contribution >= 4 is 29.1 Å². The van der Waals surface area contributed by atoms with E-state index in [1.165, 1.54) is 0 Å². The van der Waals surface area contributed by atoms with E-state index in [0.717, 1.165) is 36.2 Å². The number of nitrogens with zero attached hydrogens (tertiary/aromatic N) is 2. The molecule has 0 spiro atoms. The van der Waals surface area contributed by atoms with E-state index in [1.54, 1.807) is 22.9 Å². The van der Waals surface area contributed by atoms with E-state index >= 15 is 0 Å². The van der Waals surface area contributed by atoms with Crippen molar-refractivity contribution in [1.82, 2.24) is 9.78 Å². The molecule has 2 N–H and O–H groups in total. The molecule has 19 heavy (non-hydrogen) atoms. The third kappa shape index (κ3) is 2.01. The monoisotopic (exact) mass is 295 g/mol. The highest BCUT2D eigenvalue weighted by molar-refractivity contribution is 6.35. The molecular weight excluding hydrogens is 285 g/mol. The molecule has 2 aromatic rings. The zero-order valence-electron chi connectivity index (χ0n) is 9.99. The summed E-state index contributed by atoms with van der Waals surface area (Å²) in [5.74, 6) is -0.498. The van der Waals surface area contributed by atoms with Crippen LogP contribution in [0.1, 0.15) is 28.2 Å². The summed E-state index contributed by atoms with van der Waals surface area (Å²) in [7, 11) is 0. The Labute approximate surface area is 120 Å². The zero-order valence-corrected chi connectivity index (χ0v) is 11.5. The number of primary amides is 1. The number of rotatable bonds is 2. The maximum Gasteiger partial charge on any atom is 0.269 e. The number of hydrogen-bond acceptors (Lipinski definition) is 2. The number of amides is 1. The molecule has 0 radical (unpaired) electrons. The molecular formula is C13H11Cl2N3O. The molecule has 0 bridgehead atoms. The van der Waals surface area contributed by atoms with E-state index in [1.807, 2.05) is 0 Å². The van der Waals surface area contributed by atoms with Crippen LogP contribution in [0.2, 0.25) is 10.0 Å². The van der Waals surface area contributed by atoms with Crippen LogP contribution in [0.5, 0.6) is 0 Å². The largest absolute Gasteiger partial charge is 0.364 e. The molecule has 1 aliphatic rings. The fourth-order valence-electron chi connectivity index (χ4n) is 2.49. The van der Waals surface area contributed by atoms with Gasteiger partial charge in [0.05, 0.1) is 10.7 Å². The minimum Gasteiger partial charge on any atom is -0.364 e. The standard InChI is InChI=1S/C13H11Cl2N3O/c14-7-4-5-11(9(15)6-7)18-10-3-1-2-8(10)12(17-18)13(16)19/h4-6H,1-3H2,(H2,16,19). The summed E-state index contributed by atoms with van der Waals surface area (Å²) in [6.45, 7) is 0. The van der Waals surface area contributed by atoms with Crippen molar-refractivity contribution in [1.29, 1.82) is 0 Å². The second-order valence-electron chi connectivity index (χ2n) is 4.50. The van der Waals surface area contributed by atoms with Crippen LogP contribution in [0.15, 0.2) is 18.2 Å².